The van der Waals surface area contributed by atoms with Gasteiger partial charge in [0.15, 0.2) is 5.82 Å². The number of nitrogens with zero attached hydrogens (tertiary/aromatic N) is 5. The molecule has 2 saturated heterocycles. The zero-order chi connectivity index (χ0) is 29.3. The second-order valence-corrected chi connectivity index (χ2v) is 11.4. The van der Waals surface area contributed by atoms with Crippen LogP contribution in [-0.2, 0) is 4.74 Å². The number of aromatic nitrogens is 3. The molecular formula is C29H37ClN6O5. The minimum absolute atomic E-state index is 0.130. The van der Waals surface area contributed by atoms with E-state index in [1.165, 1.54) is 7.11 Å². The molecule has 1 aromatic carbocycles. The number of aryl methyl sites for hydroxylation is 2. The fourth-order valence-electron chi connectivity index (χ4n) is 5.77. The van der Waals surface area contributed by atoms with Crippen molar-refractivity contribution < 1.29 is 23.9 Å². The molecule has 12 heteroatoms. The van der Waals surface area contributed by atoms with Gasteiger partial charge in [-0.05, 0) is 58.9 Å². The number of halogens is 1. The van der Waals surface area contributed by atoms with E-state index in [2.05, 4.69) is 15.4 Å². The number of ether oxygens (including phenoxy) is 2. The van der Waals surface area contributed by atoms with E-state index in [4.69, 9.17) is 35.6 Å². The molecule has 5 rings (SSSR count). The van der Waals surface area contributed by atoms with Gasteiger partial charge < -0.3 is 34.2 Å². The van der Waals surface area contributed by atoms with E-state index in [0.717, 1.165) is 54.3 Å². The van der Waals surface area contributed by atoms with Crippen LogP contribution in [0.5, 0.6) is 5.75 Å². The molecule has 1 amide bonds. The van der Waals surface area contributed by atoms with Crippen molar-refractivity contribution in [3.05, 3.63) is 40.2 Å². The van der Waals surface area contributed by atoms with Crippen molar-refractivity contribution >= 4 is 23.5 Å². The fourth-order valence-corrected chi connectivity index (χ4v) is 5.97. The van der Waals surface area contributed by atoms with Gasteiger partial charge in [0, 0.05) is 49.3 Å². The van der Waals surface area contributed by atoms with Crippen LogP contribution in [-0.4, -0.2) is 90.8 Å². The summed E-state index contributed by atoms with van der Waals surface area (Å²) in [7, 11) is 3.20. The first-order valence-corrected chi connectivity index (χ1v) is 14.2. The summed E-state index contributed by atoms with van der Waals surface area (Å²) in [5.41, 5.74) is 4.03. The van der Waals surface area contributed by atoms with E-state index in [1.54, 1.807) is 30.1 Å². The number of aliphatic hydroxyl groups excluding tert-OH is 1. The van der Waals surface area contributed by atoms with Gasteiger partial charge in [-0.3, -0.25) is 0 Å². The Hall–Kier alpha value is -3.41. The molecular weight excluding hydrogens is 548 g/mol. The third-order valence-corrected chi connectivity index (χ3v) is 8.39. The van der Waals surface area contributed by atoms with Gasteiger partial charge in [-0.25, -0.2) is 14.8 Å². The van der Waals surface area contributed by atoms with Gasteiger partial charge in [-0.15, -0.1) is 0 Å². The molecule has 1 unspecified atom stereocenters. The molecule has 1 atom stereocenters. The first-order valence-electron chi connectivity index (χ1n) is 13.8. The summed E-state index contributed by atoms with van der Waals surface area (Å²) in [4.78, 5) is 26.0. The molecule has 2 fully saturated rings. The molecule has 2 N–H and O–H groups in total. The largest absolute Gasteiger partial charge is 0.491 e. The smallest absolute Gasteiger partial charge is 0.409 e. The normalized spacial score (nSPS) is 17.0. The van der Waals surface area contributed by atoms with Crippen LogP contribution in [0.2, 0.25) is 5.02 Å². The first-order chi connectivity index (χ1) is 19.6. The van der Waals surface area contributed by atoms with E-state index in [0.29, 0.717) is 47.6 Å². The standard InChI is InChI=1S/C29H37ClN6O5/c1-17-25(24-18(2)34-41-19(24)3)32-26(22-12-21(6-7-23(22)30)40-14-20(37)13-31-4)33-27(17)36-15-29(16-36)8-10-35(11-9-29)28(38)39-5/h6-7,12,20,31,37H,8-11,13-16H2,1-5H3. The van der Waals surface area contributed by atoms with E-state index >= 15 is 0 Å². The van der Waals surface area contributed by atoms with Crippen molar-refractivity contribution in [1.29, 1.82) is 0 Å². The number of nitrogens with one attached hydrogen (secondary N) is 1. The summed E-state index contributed by atoms with van der Waals surface area (Å²) in [6.07, 6.45) is 0.912. The summed E-state index contributed by atoms with van der Waals surface area (Å²) in [5, 5.41) is 17.7. The van der Waals surface area contributed by atoms with E-state index in [1.807, 2.05) is 20.8 Å². The average Bonchev–Trinajstić information content (AvgIpc) is 3.28. The molecule has 11 nitrogen and oxygen atoms in total. The topological polar surface area (TPSA) is 126 Å². The number of rotatable bonds is 8. The van der Waals surface area contributed by atoms with Crippen LogP contribution in [0.4, 0.5) is 10.6 Å². The molecule has 4 heterocycles. The second kappa shape index (κ2) is 11.8. The molecule has 220 valence electrons. The average molecular weight is 585 g/mol. The van der Waals surface area contributed by atoms with Crippen molar-refractivity contribution in [2.45, 2.75) is 39.7 Å². The lowest BCUT2D eigenvalue weighted by molar-refractivity contribution is 0.0621. The highest BCUT2D eigenvalue weighted by atomic mass is 35.5. The number of hydrogen-bond acceptors (Lipinski definition) is 10. The maximum atomic E-state index is 12.0. The fraction of sp³-hybridized carbons (Fsp3) is 0.517. The van der Waals surface area contributed by atoms with Crippen LogP contribution in [0, 0.1) is 26.2 Å². The van der Waals surface area contributed by atoms with E-state index in [9.17, 15) is 9.90 Å². The zero-order valence-electron chi connectivity index (χ0n) is 24.2. The first kappa shape index (κ1) is 29.1. The number of methoxy groups -OCH3 is 1. The Bertz CT molecular complexity index is 1390. The van der Waals surface area contributed by atoms with Crippen molar-refractivity contribution in [2.75, 3.05) is 58.4 Å². The van der Waals surface area contributed by atoms with Crippen LogP contribution in [0.1, 0.15) is 29.9 Å². The number of benzene rings is 1. The Balaban J connectivity index is 1.48. The van der Waals surface area contributed by atoms with Crippen molar-refractivity contribution in [3.8, 4) is 28.4 Å². The van der Waals surface area contributed by atoms with Gasteiger partial charge in [0.05, 0.1) is 29.1 Å². The summed E-state index contributed by atoms with van der Waals surface area (Å²) in [6.45, 7) is 9.39. The van der Waals surface area contributed by atoms with Gasteiger partial charge in [-0.2, -0.15) is 0 Å². The molecule has 3 aromatic rings. The number of aliphatic hydroxyl groups is 1. The Kier molecular flexibility index (Phi) is 8.40. The maximum absolute atomic E-state index is 12.0. The minimum Gasteiger partial charge on any atom is -0.491 e. The lowest BCUT2D eigenvalue weighted by atomic mass is 9.72. The molecule has 2 aromatic heterocycles. The summed E-state index contributed by atoms with van der Waals surface area (Å²) in [5.74, 6) is 2.54. The highest BCUT2D eigenvalue weighted by Crippen LogP contribution is 2.45. The number of piperidine rings is 1. The monoisotopic (exact) mass is 584 g/mol. The highest BCUT2D eigenvalue weighted by molar-refractivity contribution is 6.33. The van der Waals surface area contributed by atoms with Gasteiger partial charge >= 0.3 is 6.09 Å². The van der Waals surface area contributed by atoms with Gasteiger partial charge in [0.2, 0.25) is 0 Å². The summed E-state index contributed by atoms with van der Waals surface area (Å²) < 4.78 is 16.2. The molecule has 0 radical (unpaired) electrons. The molecule has 0 aliphatic carbocycles. The Morgan fingerprint density at radius 1 is 1.22 bits per heavy atom. The third-order valence-electron chi connectivity index (χ3n) is 8.06. The van der Waals surface area contributed by atoms with Crippen LogP contribution >= 0.6 is 11.6 Å². The predicted octanol–water partition coefficient (Wildman–Crippen LogP) is 4.00. The Morgan fingerprint density at radius 2 is 1.95 bits per heavy atom. The van der Waals surface area contributed by atoms with Gasteiger partial charge in [0.25, 0.3) is 0 Å². The molecule has 2 aliphatic heterocycles. The van der Waals surface area contributed by atoms with Crippen molar-refractivity contribution in [3.63, 3.8) is 0 Å². The minimum atomic E-state index is -0.647. The second-order valence-electron chi connectivity index (χ2n) is 11.0. The van der Waals surface area contributed by atoms with E-state index in [-0.39, 0.29) is 18.1 Å². The quantitative estimate of drug-likeness (QED) is 0.401. The number of likely N-dealkylation sites (N-methyl/N-ethyl adjacent to an activating group) is 1. The number of hydrogen-bond donors (Lipinski definition) is 2. The lowest BCUT2D eigenvalue weighted by Gasteiger charge is -2.54. The van der Waals surface area contributed by atoms with Crippen LogP contribution in [0.3, 0.4) is 0 Å². The number of amides is 1. The number of anilines is 1. The van der Waals surface area contributed by atoms with Crippen LogP contribution in [0.25, 0.3) is 22.6 Å². The Morgan fingerprint density at radius 3 is 2.59 bits per heavy atom. The van der Waals surface area contributed by atoms with Crippen molar-refractivity contribution in [2.24, 2.45) is 5.41 Å². The summed E-state index contributed by atoms with van der Waals surface area (Å²) in [6, 6.07) is 5.32. The van der Waals surface area contributed by atoms with Gasteiger partial charge in [0.1, 0.15) is 30.0 Å². The molecule has 2 aliphatic rings. The number of carbonyl (C=O) groups excluding carboxylic acids is 1. The van der Waals surface area contributed by atoms with E-state index < -0.39 is 6.10 Å². The predicted molar refractivity (Wildman–Crippen MR) is 155 cm³/mol. The van der Waals surface area contributed by atoms with Crippen LogP contribution < -0.4 is 15.0 Å². The third kappa shape index (κ3) is 5.84. The lowest BCUT2D eigenvalue weighted by Crippen LogP contribution is -2.61. The van der Waals surface area contributed by atoms with Gasteiger partial charge in [-0.1, -0.05) is 16.8 Å². The molecule has 41 heavy (non-hydrogen) atoms. The highest BCUT2D eigenvalue weighted by Gasteiger charge is 2.47. The molecule has 0 bridgehead atoms. The maximum Gasteiger partial charge on any atom is 0.409 e. The SMILES string of the molecule is CNCC(O)COc1ccc(Cl)c(-c2nc(-c3c(C)noc3C)c(C)c(N3CC4(CCN(C(=O)OC)CC4)C3)n2)c1. The summed E-state index contributed by atoms with van der Waals surface area (Å²) >= 11 is 6.69. The molecule has 0 saturated carbocycles. The number of carbonyl (C=O) groups is 1. The van der Waals surface area contributed by atoms with Crippen molar-refractivity contribution in [1.82, 2.24) is 25.3 Å². The zero-order valence-corrected chi connectivity index (χ0v) is 24.9. The number of likely N-dealkylation sites (tertiary alicyclic amines) is 1. The van der Waals surface area contributed by atoms with Crippen LogP contribution in [0.15, 0.2) is 22.7 Å². The Labute approximate surface area is 244 Å². The molecule has 1 spiro atoms.